The molecule has 0 N–H and O–H groups in total. The minimum atomic E-state index is -0.730. The molecule has 1 aromatic carbocycles. The fourth-order valence-corrected chi connectivity index (χ4v) is 2.37. The Morgan fingerprint density at radius 3 is 2.78 bits per heavy atom. The summed E-state index contributed by atoms with van der Waals surface area (Å²) in [5.41, 5.74) is -0.211. The molecule has 0 radical (unpaired) electrons. The van der Waals surface area contributed by atoms with Gasteiger partial charge in [-0.05, 0) is 43.5 Å². The molecule has 18 heavy (non-hydrogen) atoms. The highest BCUT2D eigenvalue weighted by Crippen LogP contribution is 2.38. The highest BCUT2D eigenvalue weighted by Gasteiger charge is 2.46. The topological polar surface area (TPSA) is 39.4 Å². The highest BCUT2D eigenvalue weighted by molar-refractivity contribution is 6.03. The van der Waals surface area contributed by atoms with Crippen LogP contribution in [0.4, 0.5) is 4.39 Å². The van der Waals surface area contributed by atoms with Gasteiger partial charge in [0.1, 0.15) is 17.0 Å². The van der Waals surface area contributed by atoms with Gasteiger partial charge in [0.2, 0.25) is 5.78 Å². The first kappa shape index (κ1) is 11.4. The molecule has 3 nitrogen and oxygen atoms in total. The molecular formula is C14H13FO3. The van der Waals surface area contributed by atoms with Crippen LogP contribution in [-0.2, 0) is 4.74 Å². The van der Waals surface area contributed by atoms with Crippen molar-refractivity contribution in [3.8, 4) is 0 Å². The van der Waals surface area contributed by atoms with E-state index in [9.17, 15) is 9.18 Å². The molecule has 0 atom stereocenters. The maximum absolute atomic E-state index is 13.1. The second-order valence-electron chi connectivity index (χ2n) is 4.67. The van der Waals surface area contributed by atoms with Crippen LogP contribution in [0.2, 0.25) is 0 Å². The number of benzene rings is 1. The van der Waals surface area contributed by atoms with E-state index in [4.69, 9.17) is 9.15 Å². The summed E-state index contributed by atoms with van der Waals surface area (Å²) in [6.07, 6.45) is 2.41. The summed E-state index contributed by atoms with van der Waals surface area (Å²) in [5, 5.41) is 0.601. The van der Waals surface area contributed by atoms with Crippen molar-refractivity contribution >= 4 is 16.8 Å². The molecule has 0 unspecified atom stereocenters. The molecule has 1 aliphatic carbocycles. The zero-order valence-electron chi connectivity index (χ0n) is 10.0. The summed E-state index contributed by atoms with van der Waals surface area (Å²) in [6.45, 7) is 0. The number of furan rings is 1. The van der Waals surface area contributed by atoms with E-state index in [0.29, 0.717) is 23.8 Å². The van der Waals surface area contributed by atoms with Crippen LogP contribution in [0.3, 0.4) is 0 Å². The van der Waals surface area contributed by atoms with Gasteiger partial charge in [-0.2, -0.15) is 0 Å². The molecule has 0 aliphatic heterocycles. The monoisotopic (exact) mass is 248 g/mol. The van der Waals surface area contributed by atoms with Crippen LogP contribution in [0, 0.1) is 5.82 Å². The number of ketones is 1. The van der Waals surface area contributed by atoms with Gasteiger partial charge in [-0.25, -0.2) is 4.39 Å². The van der Waals surface area contributed by atoms with Gasteiger partial charge in [0.25, 0.3) is 0 Å². The molecule has 1 aromatic heterocycles. The molecule has 2 aromatic rings. The molecule has 1 fully saturated rings. The first-order valence-electron chi connectivity index (χ1n) is 5.94. The number of hydrogen-bond acceptors (Lipinski definition) is 3. The van der Waals surface area contributed by atoms with Gasteiger partial charge in [0.15, 0.2) is 5.76 Å². The normalized spacial score (nSPS) is 17.7. The van der Waals surface area contributed by atoms with E-state index in [0.717, 1.165) is 6.42 Å². The van der Waals surface area contributed by atoms with Crippen molar-refractivity contribution in [2.24, 2.45) is 0 Å². The molecule has 94 valence electrons. The molecule has 0 saturated heterocycles. The van der Waals surface area contributed by atoms with Gasteiger partial charge in [0, 0.05) is 12.5 Å². The summed E-state index contributed by atoms with van der Waals surface area (Å²) in [4.78, 5) is 12.3. The van der Waals surface area contributed by atoms with E-state index in [1.165, 1.54) is 18.2 Å². The Balaban J connectivity index is 2.01. The SMILES string of the molecule is COC1(C(=O)c2cc3cc(F)ccc3o2)CCC1. The van der Waals surface area contributed by atoms with E-state index in [1.54, 1.807) is 13.2 Å². The Kier molecular flexibility index (Phi) is 2.48. The molecule has 1 saturated carbocycles. The number of ether oxygens (including phenoxy) is 1. The number of carbonyl (C=O) groups excluding carboxylic acids is 1. The number of Topliss-reactive ketones (excluding diaryl/α,β-unsaturated/α-hetero) is 1. The molecule has 1 heterocycles. The third-order valence-corrected chi connectivity index (χ3v) is 3.67. The lowest BCUT2D eigenvalue weighted by molar-refractivity contribution is -0.0462. The van der Waals surface area contributed by atoms with E-state index in [-0.39, 0.29) is 17.4 Å². The van der Waals surface area contributed by atoms with E-state index in [1.807, 2.05) is 0 Å². The van der Waals surface area contributed by atoms with Crippen LogP contribution in [-0.4, -0.2) is 18.5 Å². The lowest BCUT2D eigenvalue weighted by atomic mass is 9.76. The summed E-state index contributed by atoms with van der Waals surface area (Å²) < 4.78 is 23.9. The predicted octanol–water partition coefficient (Wildman–Crippen LogP) is 3.32. The summed E-state index contributed by atoms with van der Waals surface area (Å²) >= 11 is 0. The van der Waals surface area contributed by atoms with E-state index in [2.05, 4.69) is 0 Å². The lowest BCUT2D eigenvalue weighted by Gasteiger charge is -2.37. The number of methoxy groups -OCH3 is 1. The lowest BCUT2D eigenvalue weighted by Crippen LogP contribution is -2.46. The van der Waals surface area contributed by atoms with Crippen molar-refractivity contribution in [2.75, 3.05) is 7.11 Å². The Hall–Kier alpha value is -1.68. The highest BCUT2D eigenvalue weighted by atomic mass is 19.1. The maximum atomic E-state index is 13.1. The van der Waals surface area contributed by atoms with Gasteiger partial charge in [-0.1, -0.05) is 0 Å². The number of halogens is 1. The Morgan fingerprint density at radius 2 is 2.17 bits per heavy atom. The van der Waals surface area contributed by atoms with Crippen LogP contribution in [0.1, 0.15) is 29.8 Å². The minimum absolute atomic E-state index is 0.146. The molecule has 4 heteroatoms. The average Bonchev–Trinajstić information content (AvgIpc) is 2.70. The predicted molar refractivity (Wildman–Crippen MR) is 64.1 cm³/mol. The first-order valence-corrected chi connectivity index (χ1v) is 5.94. The standard InChI is InChI=1S/C14H13FO3/c1-17-14(5-2-6-14)13(16)12-8-9-7-10(15)3-4-11(9)18-12/h3-4,7-8H,2,5-6H2,1H3. The van der Waals surface area contributed by atoms with Crippen LogP contribution in [0.25, 0.3) is 11.0 Å². The van der Waals surface area contributed by atoms with Crippen LogP contribution < -0.4 is 0 Å². The maximum Gasteiger partial charge on any atom is 0.229 e. The molecule has 0 amide bonds. The van der Waals surface area contributed by atoms with Crippen molar-refractivity contribution in [3.05, 3.63) is 35.8 Å². The van der Waals surface area contributed by atoms with Gasteiger partial charge in [-0.15, -0.1) is 0 Å². The fourth-order valence-electron chi connectivity index (χ4n) is 2.37. The van der Waals surface area contributed by atoms with Crippen molar-refractivity contribution < 1.29 is 18.3 Å². The van der Waals surface area contributed by atoms with Gasteiger partial charge < -0.3 is 9.15 Å². The smallest absolute Gasteiger partial charge is 0.229 e. The molecular weight excluding hydrogens is 235 g/mol. The number of fused-ring (bicyclic) bond motifs is 1. The van der Waals surface area contributed by atoms with Gasteiger partial charge in [0.05, 0.1) is 0 Å². The van der Waals surface area contributed by atoms with Crippen LogP contribution in [0.5, 0.6) is 0 Å². The minimum Gasteiger partial charge on any atom is -0.453 e. The van der Waals surface area contributed by atoms with Crippen molar-refractivity contribution in [1.29, 1.82) is 0 Å². The summed E-state index contributed by atoms with van der Waals surface area (Å²) in [6, 6.07) is 5.78. The summed E-state index contributed by atoms with van der Waals surface area (Å²) in [5.74, 6) is -0.239. The molecule has 3 rings (SSSR count). The van der Waals surface area contributed by atoms with E-state index < -0.39 is 5.60 Å². The second kappa shape index (κ2) is 3.92. The third-order valence-electron chi connectivity index (χ3n) is 3.67. The number of hydrogen-bond donors (Lipinski definition) is 0. The Morgan fingerprint density at radius 1 is 1.39 bits per heavy atom. The Labute approximate surface area is 104 Å². The van der Waals surface area contributed by atoms with E-state index >= 15 is 0 Å². The quantitative estimate of drug-likeness (QED) is 0.782. The van der Waals surface area contributed by atoms with Gasteiger partial charge in [-0.3, -0.25) is 4.79 Å². The molecule has 1 aliphatic rings. The molecule has 0 spiro atoms. The number of carbonyl (C=O) groups is 1. The zero-order valence-corrected chi connectivity index (χ0v) is 10.0. The summed E-state index contributed by atoms with van der Waals surface area (Å²) in [7, 11) is 1.54. The largest absolute Gasteiger partial charge is 0.453 e. The van der Waals surface area contributed by atoms with Crippen molar-refractivity contribution in [1.82, 2.24) is 0 Å². The van der Waals surface area contributed by atoms with Crippen LogP contribution in [0.15, 0.2) is 28.7 Å². The number of rotatable bonds is 3. The van der Waals surface area contributed by atoms with Crippen LogP contribution >= 0.6 is 0 Å². The van der Waals surface area contributed by atoms with Crippen molar-refractivity contribution in [2.45, 2.75) is 24.9 Å². The van der Waals surface area contributed by atoms with Crippen molar-refractivity contribution in [3.63, 3.8) is 0 Å². The van der Waals surface area contributed by atoms with Gasteiger partial charge >= 0.3 is 0 Å². The molecule has 0 bridgehead atoms. The average molecular weight is 248 g/mol. The zero-order chi connectivity index (χ0) is 12.8. The third kappa shape index (κ3) is 1.56. The first-order chi connectivity index (χ1) is 8.64. The second-order valence-corrected chi connectivity index (χ2v) is 4.67. The Bertz CT molecular complexity index is 605. The fraction of sp³-hybridized carbons (Fsp3) is 0.357.